The quantitative estimate of drug-likeness (QED) is 0.491. The third-order valence-electron chi connectivity index (χ3n) is 4.88. The normalized spacial score (nSPS) is 22.1. The lowest BCUT2D eigenvalue weighted by Crippen LogP contribution is -2.11. The van der Waals surface area contributed by atoms with Gasteiger partial charge in [0.2, 0.25) is 0 Å². The van der Waals surface area contributed by atoms with Crippen molar-refractivity contribution >= 4 is 22.6 Å². The van der Waals surface area contributed by atoms with Crippen LogP contribution in [0.3, 0.4) is 0 Å². The van der Waals surface area contributed by atoms with Gasteiger partial charge >= 0.3 is 0 Å². The van der Waals surface area contributed by atoms with Gasteiger partial charge in [-0.2, -0.15) is 0 Å². The van der Waals surface area contributed by atoms with Crippen LogP contribution in [0.1, 0.15) is 42.7 Å². The first kappa shape index (κ1) is 15.8. The molecule has 1 saturated carbocycles. The topological polar surface area (TPSA) is 0 Å². The predicted octanol–water partition coefficient (Wildman–Crippen LogP) is 6.88. The highest BCUT2D eigenvalue weighted by atomic mass is 127. The molecule has 1 aliphatic carbocycles. The van der Waals surface area contributed by atoms with E-state index in [2.05, 4.69) is 88.2 Å². The Labute approximate surface area is 147 Å². The molecular formula is C21H23I. The molecule has 0 aliphatic heterocycles. The monoisotopic (exact) mass is 402 g/mol. The number of hydrogen-bond acceptors (Lipinski definition) is 0. The molecule has 0 nitrogen and oxygen atoms in total. The second kappa shape index (κ2) is 7.45. The summed E-state index contributed by atoms with van der Waals surface area (Å²) in [6.45, 7) is 2.14. The average molecular weight is 402 g/mol. The van der Waals surface area contributed by atoms with E-state index in [1.165, 1.54) is 47.9 Å². The lowest BCUT2D eigenvalue weighted by atomic mass is 9.78. The van der Waals surface area contributed by atoms with Gasteiger partial charge in [-0.25, -0.2) is 0 Å². The summed E-state index contributed by atoms with van der Waals surface area (Å²) in [5.41, 5.74) is 5.48. The van der Waals surface area contributed by atoms with Crippen molar-refractivity contribution in [3.8, 4) is 11.1 Å². The highest BCUT2D eigenvalue weighted by molar-refractivity contribution is 14.1. The predicted molar refractivity (Wildman–Crippen MR) is 104 cm³/mol. The minimum atomic E-state index is 0.755. The molecule has 1 heteroatoms. The first-order valence-electron chi connectivity index (χ1n) is 8.20. The van der Waals surface area contributed by atoms with E-state index in [-0.39, 0.29) is 0 Å². The van der Waals surface area contributed by atoms with Gasteiger partial charge in [-0.1, -0.05) is 82.8 Å². The second-order valence-electron chi connectivity index (χ2n) is 6.42. The zero-order valence-electron chi connectivity index (χ0n) is 13.1. The number of halogens is 1. The fourth-order valence-electron chi connectivity index (χ4n) is 3.44. The summed E-state index contributed by atoms with van der Waals surface area (Å²) in [4.78, 5) is 0. The van der Waals surface area contributed by atoms with Gasteiger partial charge in [0.05, 0.1) is 0 Å². The Morgan fingerprint density at radius 2 is 1.36 bits per heavy atom. The molecular weight excluding hydrogens is 379 g/mol. The van der Waals surface area contributed by atoms with Gasteiger partial charge in [0.25, 0.3) is 0 Å². The summed E-state index contributed by atoms with van der Waals surface area (Å²) in [6.07, 6.45) is 7.70. The van der Waals surface area contributed by atoms with Crippen LogP contribution < -0.4 is 0 Å². The molecule has 1 fully saturated rings. The highest BCUT2D eigenvalue weighted by Gasteiger charge is 2.20. The maximum absolute atomic E-state index is 2.37. The summed E-state index contributed by atoms with van der Waals surface area (Å²) in [5, 5.41) is 0. The van der Waals surface area contributed by atoms with Crippen LogP contribution in [0.15, 0.2) is 58.7 Å². The van der Waals surface area contributed by atoms with Crippen molar-refractivity contribution in [2.45, 2.75) is 38.5 Å². The third kappa shape index (κ3) is 3.81. The molecule has 0 saturated heterocycles. The minimum absolute atomic E-state index is 0.755. The van der Waals surface area contributed by atoms with Gasteiger partial charge < -0.3 is 0 Å². The van der Waals surface area contributed by atoms with Crippen LogP contribution in [0, 0.1) is 12.8 Å². The summed E-state index contributed by atoms with van der Waals surface area (Å²) in [5.74, 6) is 1.56. The molecule has 2 aromatic carbocycles. The van der Waals surface area contributed by atoms with Gasteiger partial charge in [0.15, 0.2) is 0 Å². The molecule has 0 amide bonds. The molecule has 0 bridgehead atoms. The van der Waals surface area contributed by atoms with E-state index in [4.69, 9.17) is 0 Å². The SMILES string of the molecule is Cc1ccc(-c2ccc(C3CCC(/C=C/I)CC3)cc2)cc1. The molecule has 22 heavy (non-hydrogen) atoms. The van der Waals surface area contributed by atoms with Gasteiger partial charge in [-0.15, -0.1) is 0 Å². The third-order valence-corrected chi connectivity index (χ3v) is 5.30. The van der Waals surface area contributed by atoms with Crippen LogP contribution >= 0.6 is 22.6 Å². The fourth-order valence-corrected chi connectivity index (χ4v) is 4.03. The lowest BCUT2D eigenvalue weighted by molar-refractivity contribution is 0.376. The average Bonchev–Trinajstić information content (AvgIpc) is 2.57. The lowest BCUT2D eigenvalue weighted by Gasteiger charge is -2.27. The molecule has 0 heterocycles. The van der Waals surface area contributed by atoms with Crippen molar-refractivity contribution in [1.29, 1.82) is 0 Å². The number of rotatable bonds is 3. The van der Waals surface area contributed by atoms with Crippen LogP contribution in [0.4, 0.5) is 0 Å². The summed E-state index contributed by atoms with van der Waals surface area (Å²) in [7, 11) is 0. The fraction of sp³-hybridized carbons (Fsp3) is 0.333. The maximum atomic E-state index is 2.37. The van der Waals surface area contributed by atoms with E-state index < -0.39 is 0 Å². The molecule has 0 radical (unpaired) electrons. The number of hydrogen-bond donors (Lipinski definition) is 0. The number of allylic oxidation sites excluding steroid dienone is 1. The van der Waals surface area contributed by atoms with Crippen LogP contribution in [-0.2, 0) is 0 Å². The van der Waals surface area contributed by atoms with Gasteiger partial charge in [0, 0.05) is 0 Å². The van der Waals surface area contributed by atoms with E-state index in [1.54, 1.807) is 0 Å². The van der Waals surface area contributed by atoms with Crippen molar-refractivity contribution in [2.75, 3.05) is 0 Å². The van der Waals surface area contributed by atoms with Gasteiger partial charge in [-0.05, 0) is 65.2 Å². The molecule has 114 valence electrons. The van der Waals surface area contributed by atoms with Crippen LogP contribution in [0.2, 0.25) is 0 Å². The van der Waals surface area contributed by atoms with Crippen molar-refractivity contribution in [1.82, 2.24) is 0 Å². The first-order valence-corrected chi connectivity index (χ1v) is 9.44. The zero-order valence-corrected chi connectivity index (χ0v) is 15.3. The Hall–Kier alpha value is -1.09. The molecule has 1 aliphatic rings. The Morgan fingerprint density at radius 3 is 1.91 bits per heavy atom. The number of benzene rings is 2. The summed E-state index contributed by atoms with van der Waals surface area (Å²) < 4.78 is 2.18. The standard InChI is InChI=1S/C21H23I/c1-16-2-6-18(7-3-16)20-10-12-21(13-11-20)19-8-4-17(5-9-19)14-15-22/h2-3,6-7,10-15,17,19H,4-5,8-9H2,1H3/b15-14+. The van der Waals surface area contributed by atoms with Crippen LogP contribution in [0.25, 0.3) is 11.1 Å². The first-order chi connectivity index (χ1) is 10.8. The van der Waals surface area contributed by atoms with E-state index in [9.17, 15) is 0 Å². The number of aryl methyl sites for hydroxylation is 1. The minimum Gasteiger partial charge on any atom is -0.0753 e. The van der Waals surface area contributed by atoms with E-state index in [1.807, 2.05) is 0 Å². The van der Waals surface area contributed by atoms with E-state index in [0.29, 0.717) is 0 Å². The summed E-state index contributed by atoms with van der Waals surface area (Å²) in [6, 6.07) is 18.1. The van der Waals surface area contributed by atoms with E-state index >= 15 is 0 Å². The molecule has 0 aromatic heterocycles. The smallest absolute Gasteiger partial charge is 0.0162 e. The van der Waals surface area contributed by atoms with Crippen LogP contribution in [-0.4, -0.2) is 0 Å². The largest absolute Gasteiger partial charge is 0.0753 e. The maximum Gasteiger partial charge on any atom is -0.0162 e. The highest BCUT2D eigenvalue weighted by Crippen LogP contribution is 2.37. The molecule has 3 rings (SSSR count). The van der Waals surface area contributed by atoms with Gasteiger partial charge in [0.1, 0.15) is 0 Å². The van der Waals surface area contributed by atoms with Crippen molar-refractivity contribution in [3.05, 3.63) is 69.8 Å². The molecule has 0 unspecified atom stereocenters. The Kier molecular flexibility index (Phi) is 5.35. The van der Waals surface area contributed by atoms with Crippen molar-refractivity contribution in [2.24, 2.45) is 5.92 Å². The zero-order chi connectivity index (χ0) is 15.4. The molecule has 0 spiro atoms. The summed E-state index contributed by atoms with van der Waals surface area (Å²) >= 11 is 2.34. The molecule has 0 atom stereocenters. The van der Waals surface area contributed by atoms with Crippen molar-refractivity contribution in [3.63, 3.8) is 0 Å². The second-order valence-corrected chi connectivity index (χ2v) is 7.14. The Bertz CT molecular complexity index is 614. The van der Waals surface area contributed by atoms with Gasteiger partial charge in [-0.3, -0.25) is 0 Å². The molecule has 2 aromatic rings. The Balaban J connectivity index is 1.68. The van der Waals surface area contributed by atoms with E-state index in [0.717, 1.165) is 11.8 Å². The van der Waals surface area contributed by atoms with Crippen LogP contribution in [0.5, 0.6) is 0 Å². The Morgan fingerprint density at radius 1 is 0.818 bits per heavy atom. The molecule has 0 N–H and O–H groups in total. The van der Waals surface area contributed by atoms with Crippen molar-refractivity contribution < 1.29 is 0 Å².